The average Bonchev–Trinajstić information content (AvgIpc) is 2.81. The molecule has 0 bridgehead atoms. The van der Waals surface area contributed by atoms with Crippen molar-refractivity contribution in [1.82, 2.24) is 15.1 Å². The van der Waals surface area contributed by atoms with Gasteiger partial charge in [-0.2, -0.15) is 0 Å². The van der Waals surface area contributed by atoms with Crippen molar-refractivity contribution in [3.8, 4) is 11.5 Å². The molecule has 0 aromatic heterocycles. The number of methoxy groups -OCH3 is 2. The second-order valence-corrected chi connectivity index (χ2v) is 8.00. The molecule has 1 aliphatic heterocycles. The maximum Gasteiger partial charge on any atom is 0.238 e. The molecule has 1 saturated heterocycles. The molecule has 33 heavy (non-hydrogen) atoms. The van der Waals surface area contributed by atoms with Crippen molar-refractivity contribution in [3.63, 3.8) is 0 Å². The quantitative estimate of drug-likeness (QED) is 0.600. The minimum Gasteiger partial charge on any atom is -0.497 e. The van der Waals surface area contributed by atoms with Gasteiger partial charge in [-0.05, 0) is 49.4 Å². The normalized spacial score (nSPS) is 15.5. The number of ether oxygens (including phenoxy) is 2. The van der Waals surface area contributed by atoms with Crippen LogP contribution in [-0.2, 0) is 9.59 Å². The monoisotopic (exact) mass is 458 g/mol. The number of carbonyl (C=O) groups is 2. The number of amides is 2. The third kappa shape index (κ3) is 7.16. The summed E-state index contributed by atoms with van der Waals surface area (Å²) >= 11 is 0. The lowest BCUT2D eigenvalue weighted by molar-refractivity contribution is -0.124. The SMILES string of the molecule is COc1ccc(OC)c([C@H](C)NC(=O)CN2CCN(CC(=O)Nc3ccc(F)cc3)CC2)c1. The van der Waals surface area contributed by atoms with E-state index in [0.717, 1.165) is 5.56 Å². The molecule has 2 aromatic carbocycles. The summed E-state index contributed by atoms with van der Waals surface area (Å²) in [5.41, 5.74) is 1.42. The molecule has 0 radical (unpaired) electrons. The molecule has 9 heteroatoms. The van der Waals surface area contributed by atoms with Crippen LogP contribution in [0.25, 0.3) is 0 Å². The Bertz CT molecular complexity index is 946. The van der Waals surface area contributed by atoms with Crippen LogP contribution in [0.5, 0.6) is 11.5 Å². The van der Waals surface area contributed by atoms with Crippen molar-refractivity contribution in [1.29, 1.82) is 0 Å². The van der Waals surface area contributed by atoms with Gasteiger partial charge in [0.25, 0.3) is 0 Å². The predicted molar refractivity (Wildman–Crippen MR) is 124 cm³/mol. The summed E-state index contributed by atoms with van der Waals surface area (Å²) < 4.78 is 23.7. The van der Waals surface area contributed by atoms with Crippen molar-refractivity contribution in [2.75, 3.05) is 58.8 Å². The molecule has 2 amide bonds. The molecule has 178 valence electrons. The highest BCUT2D eigenvalue weighted by atomic mass is 19.1. The van der Waals surface area contributed by atoms with E-state index in [2.05, 4.69) is 15.5 Å². The molecule has 0 aliphatic carbocycles. The molecule has 0 saturated carbocycles. The number of benzene rings is 2. The van der Waals surface area contributed by atoms with Crippen LogP contribution < -0.4 is 20.1 Å². The first-order valence-electron chi connectivity index (χ1n) is 10.9. The van der Waals surface area contributed by atoms with Crippen LogP contribution in [0.2, 0.25) is 0 Å². The first-order valence-corrected chi connectivity index (χ1v) is 10.9. The van der Waals surface area contributed by atoms with Crippen LogP contribution in [0, 0.1) is 5.82 Å². The van der Waals surface area contributed by atoms with Crippen LogP contribution in [0.4, 0.5) is 10.1 Å². The zero-order valence-electron chi connectivity index (χ0n) is 19.3. The lowest BCUT2D eigenvalue weighted by atomic mass is 10.1. The Morgan fingerprint density at radius 3 is 2.12 bits per heavy atom. The van der Waals surface area contributed by atoms with E-state index in [4.69, 9.17) is 9.47 Å². The summed E-state index contributed by atoms with van der Waals surface area (Å²) in [6.45, 7) is 5.19. The second kappa shape index (κ2) is 11.6. The van der Waals surface area contributed by atoms with Gasteiger partial charge in [0, 0.05) is 37.4 Å². The average molecular weight is 459 g/mol. The molecule has 1 heterocycles. The number of anilines is 1. The fourth-order valence-electron chi connectivity index (χ4n) is 3.79. The standard InChI is InChI=1S/C24H31FN4O4/c1-17(21-14-20(32-2)8-9-22(21)33-3)26-23(30)15-28-10-12-29(13-11-28)16-24(31)27-19-6-4-18(25)5-7-19/h4-9,14,17H,10-13,15-16H2,1-3H3,(H,26,30)(H,27,31)/t17-/m0/s1. The van der Waals surface area contributed by atoms with E-state index >= 15 is 0 Å². The van der Waals surface area contributed by atoms with Crippen molar-refractivity contribution in [2.45, 2.75) is 13.0 Å². The van der Waals surface area contributed by atoms with E-state index < -0.39 is 0 Å². The van der Waals surface area contributed by atoms with Gasteiger partial charge in [0.1, 0.15) is 17.3 Å². The molecule has 0 spiro atoms. The highest BCUT2D eigenvalue weighted by molar-refractivity contribution is 5.92. The largest absolute Gasteiger partial charge is 0.497 e. The third-order valence-corrected chi connectivity index (χ3v) is 5.61. The topological polar surface area (TPSA) is 83.1 Å². The summed E-state index contributed by atoms with van der Waals surface area (Å²) in [5.74, 6) is 0.830. The van der Waals surface area contributed by atoms with Gasteiger partial charge in [-0.1, -0.05) is 0 Å². The van der Waals surface area contributed by atoms with Crippen LogP contribution >= 0.6 is 0 Å². The molecule has 0 unspecified atom stereocenters. The van der Waals surface area contributed by atoms with Gasteiger partial charge in [0.15, 0.2) is 0 Å². The van der Waals surface area contributed by atoms with E-state index in [9.17, 15) is 14.0 Å². The number of carbonyl (C=O) groups excluding carboxylic acids is 2. The van der Waals surface area contributed by atoms with Gasteiger partial charge in [0.05, 0.1) is 33.4 Å². The van der Waals surface area contributed by atoms with Gasteiger partial charge in [-0.15, -0.1) is 0 Å². The highest BCUT2D eigenvalue weighted by Gasteiger charge is 2.22. The van der Waals surface area contributed by atoms with Gasteiger partial charge in [0.2, 0.25) is 11.8 Å². The van der Waals surface area contributed by atoms with Crippen LogP contribution in [0.1, 0.15) is 18.5 Å². The maximum atomic E-state index is 13.0. The van der Waals surface area contributed by atoms with Gasteiger partial charge in [-0.25, -0.2) is 4.39 Å². The Balaban J connectivity index is 1.42. The van der Waals surface area contributed by atoms with Gasteiger partial charge < -0.3 is 20.1 Å². The molecular formula is C24H31FN4O4. The maximum absolute atomic E-state index is 13.0. The van der Waals surface area contributed by atoms with Crippen LogP contribution in [0.3, 0.4) is 0 Å². The number of piperazine rings is 1. The Morgan fingerprint density at radius 2 is 1.55 bits per heavy atom. The number of rotatable bonds is 9. The molecule has 1 aliphatic rings. The van der Waals surface area contributed by atoms with Gasteiger partial charge in [-0.3, -0.25) is 19.4 Å². The van der Waals surface area contributed by atoms with Crippen LogP contribution in [0.15, 0.2) is 42.5 Å². The number of nitrogens with zero attached hydrogens (tertiary/aromatic N) is 2. The van der Waals surface area contributed by atoms with Crippen LogP contribution in [-0.4, -0.2) is 75.1 Å². The summed E-state index contributed by atoms with van der Waals surface area (Å²) in [4.78, 5) is 28.9. The lowest BCUT2D eigenvalue weighted by Gasteiger charge is -2.34. The summed E-state index contributed by atoms with van der Waals surface area (Å²) in [7, 11) is 3.19. The number of halogens is 1. The highest BCUT2D eigenvalue weighted by Crippen LogP contribution is 2.29. The predicted octanol–water partition coefficient (Wildman–Crippen LogP) is 2.28. The van der Waals surface area contributed by atoms with E-state index in [0.29, 0.717) is 43.4 Å². The van der Waals surface area contributed by atoms with E-state index in [-0.39, 0.29) is 36.8 Å². The molecule has 1 fully saturated rings. The van der Waals surface area contributed by atoms with Crippen molar-refractivity contribution >= 4 is 17.5 Å². The fraction of sp³-hybridized carbons (Fsp3) is 0.417. The Hall–Kier alpha value is -3.17. The number of nitrogens with one attached hydrogen (secondary N) is 2. The minimum absolute atomic E-state index is 0.0742. The lowest BCUT2D eigenvalue weighted by Crippen LogP contribution is -2.51. The van der Waals surface area contributed by atoms with E-state index in [1.54, 1.807) is 14.2 Å². The molecule has 3 rings (SSSR count). The number of hydrogen-bond donors (Lipinski definition) is 2. The molecule has 8 nitrogen and oxygen atoms in total. The first kappa shape index (κ1) is 24.5. The Morgan fingerprint density at radius 1 is 0.939 bits per heavy atom. The molecule has 2 aromatic rings. The van der Waals surface area contributed by atoms with E-state index in [1.807, 2.05) is 30.0 Å². The third-order valence-electron chi connectivity index (χ3n) is 5.61. The summed E-state index contributed by atoms with van der Waals surface area (Å²) in [6.07, 6.45) is 0. The zero-order chi connectivity index (χ0) is 23.8. The fourth-order valence-corrected chi connectivity index (χ4v) is 3.79. The second-order valence-electron chi connectivity index (χ2n) is 8.00. The molecule has 2 N–H and O–H groups in total. The Labute approximate surface area is 193 Å². The summed E-state index contributed by atoms with van der Waals surface area (Å²) in [5, 5.41) is 5.79. The van der Waals surface area contributed by atoms with Crippen molar-refractivity contribution in [3.05, 3.63) is 53.8 Å². The van der Waals surface area contributed by atoms with Gasteiger partial charge >= 0.3 is 0 Å². The van der Waals surface area contributed by atoms with Crippen molar-refractivity contribution < 1.29 is 23.5 Å². The minimum atomic E-state index is -0.342. The first-order chi connectivity index (χ1) is 15.9. The smallest absolute Gasteiger partial charge is 0.238 e. The zero-order valence-corrected chi connectivity index (χ0v) is 19.3. The summed E-state index contributed by atoms with van der Waals surface area (Å²) in [6, 6.07) is 10.9. The molecule has 1 atom stereocenters. The number of hydrogen-bond acceptors (Lipinski definition) is 6. The van der Waals surface area contributed by atoms with Crippen molar-refractivity contribution in [2.24, 2.45) is 0 Å². The molecular weight excluding hydrogens is 427 g/mol. The van der Waals surface area contributed by atoms with E-state index in [1.165, 1.54) is 24.3 Å². The Kier molecular flexibility index (Phi) is 8.62.